The molecule has 0 amide bonds. The van der Waals surface area contributed by atoms with E-state index in [-0.39, 0.29) is 0 Å². The molecule has 0 aliphatic rings. The normalized spacial score (nSPS) is 10.6. The van der Waals surface area contributed by atoms with Crippen LogP contribution < -0.4 is 4.74 Å². The molecule has 4 heteroatoms. The van der Waals surface area contributed by atoms with Crippen molar-refractivity contribution in [2.24, 2.45) is 0 Å². The molecule has 0 atom stereocenters. The van der Waals surface area contributed by atoms with Crippen LogP contribution in [0.25, 0.3) is 10.9 Å². The second-order valence-electron chi connectivity index (χ2n) is 4.03. The summed E-state index contributed by atoms with van der Waals surface area (Å²) in [7, 11) is 0. The molecule has 2 aromatic heterocycles. The van der Waals surface area contributed by atoms with Gasteiger partial charge in [0.15, 0.2) is 0 Å². The Morgan fingerprint density at radius 2 is 1.89 bits per heavy atom. The Kier molecular flexibility index (Phi) is 3.29. The van der Waals surface area contributed by atoms with Gasteiger partial charge in [-0.1, -0.05) is 12.1 Å². The predicted octanol–water partition coefficient (Wildman–Crippen LogP) is 4.16. The summed E-state index contributed by atoms with van der Waals surface area (Å²) in [6, 6.07) is 15.2. The molecule has 0 radical (unpaired) electrons. The van der Waals surface area contributed by atoms with Gasteiger partial charge in [-0.2, -0.15) is 0 Å². The number of hydrogen-bond acceptors (Lipinski definition) is 3. The largest absolute Gasteiger partial charge is 0.438 e. The summed E-state index contributed by atoms with van der Waals surface area (Å²) >= 11 is 5.77. The van der Waals surface area contributed by atoms with Crippen LogP contribution in [-0.4, -0.2) is 9.97 Å². The zero-order chi connectivity index (χ0) is 13.1. The molecule has 0 saturated carbocycles. The third kappa shape index (κ3) is 2.51. The second kappa shape index (κ2) is 5.24. The summed E-state index contributed by atoms with van der Waals surface area (Å²) in [6.45, 7) is 0. The first kappa shape index (κ1) is 11.9. The minimum atomic E-state index is 0.369. The van der Waals surface area contributed by atoms with E-state index in [2.05, 4.69) is 9.97 Å². The molecule has 0 bridgehead atoms. The van der Waals surface area contributed by atoms with Crippen molar-refractivity contribution in [1.82, 2.24) is 9.97 Å². The first-order valence-corrected chi connectivity index (χ1v) is 6.44. The fraction of sp³-hybridized carbons (Fsp3) is 0.0667. The van der Waals surface area contributed by atoms with E-state index in [1.807, 2.05) is 48.5 Å². The van der Waals surface area contributed by atoms with Gasteiger partial charge in [0.05, 0.1) is 17.1 Å². The van der Waals surface area contributed by atoms with E-state index in [4.69, 9.17) is 16.3 Å². The molecule has 0 saturated heterocycles. The molecule has 0 aliphatic carbocycles. The number of benzene rings is 1. The van der Waals surface area contributed by atoms with Gasteiger partial charge in [0, 0.05) is 17.6 Å². The monoisotopic (exact) mass is 270 g/mol. The SMILES string of the molecule is ClCc1cccc(Oc2cccc3ncccc23)n1. The maximum Gasteiger partial charge on any atom is 0.219 e. The molecule has 0 unspecified atom stereocenters. The minimum absolute atomic E-state index is 0.369. The lowest BCUT2D eigenvalue weighted by atomic mass is 10.2. The maximum absolute atomic E-state index is 5.82. The van der Waals surface area contributed by atoms with Crippen LogP contribution in [0.4, 0.5) is 0 Å². The Bertz CT molecular complexity index is 710. The topological polar surface area (TPSA) is 35.0 Å². The number of aromatic nitrogens is 2. The van der Waals surface area contributed by atoms with Crippen molar-refractivity contribution >= 4 is 22.5 Å². The Morgan fingerprint density at radius 1 is 1.00 bits per heavy atom. The van der Waals surface area contributed by atoms with Crippen molar-refractivity contribution in [3.05, 3.63) is 60.4 Å². The maximum atomic E-state index is 5.82. The quantitative estimate of drug-likeness (QED) is 0.670. The highest BCUT2D eigenvalue weighted by atomic mass is 35.5. The van der Waals surface area contributed by atoms with E-state index in [0.29, 0.717) is 11.8 Å². The van der Waals surface area contributed by atoms with E-state index in [1.165, 1.54) is 0 Å². The minimum Gasteiger partial charge on any atom is -0.438 e. The first-order valence-electron chi connectivity index (χ1n) is 5.90. The molecule has 19 heavy (non-hydrogen) atoms. The molecule has 1 aromatic carbocycles. The lowest BCUT2D eigenvalue weighted by Crippen LogP contribution is -1.92. The van der Waals surface area contributed by atoms with Gasteiger partial charge in [0.25, 0.3) is 0 Å². The number of ether oxygens (including phenoxy) is 1. The predicted molar refractivity (Wildman–Crippen MR) is 75.6 cm³/mol. The Labute approximate surface area is 115 Å². The fourth-order valence-electron chi connectivity index (χ4n) is 1.87. The van der Waals surface area contributed by atoms with E-state index in [0.717, 1.165) is 22.3 Å². The van der Waals surface area contributed by atoms with Crippen molar-refractivity contribution in [2.45, 2.75) is 5.88 Å². The number of fused-ring (bicyclic) bond motifs is 1. The van der Waals surface area contributed by atoms with E-state index >= 15 is 0 Å². The van der Waals surface area contributed by atoms with Gasteiger partial charge < -0.3 is 4.74 Å². The molecule has 3 aromatic rings. The molecule has 0 spiro atoms. The molecule has 0 aliphatic heterocycles. The van der Waals surface area contributed by atoms with Crippen LogP contribution in [-0.2, 0) is 5.88 Å². The standard InChI is InChI=1S/C15H11ClN2O/c16-10-11-4-1-8-15(18-11)19-14-7-2-6-13-12(14)5-3-9-17-13/h1-9H,10H2. The summed E-state index contributed by atoms with van der Waals surface area (Å²) in [4.78, 5) is 8.61. The highest BCUT2D eigenvalue weighted by Crippen LogP contribution is 2.27. The smallest absolute Gasteiger partial charge is 0.219 e. The van der Waals surface area contributed by atoms with Crippen molar-refractivity contribution in [2.75, 3.05) is 0 Å². The van der Waals surface area contributed by atoms with Crippen LogP contribution in [0.1, 0.15) is 5.69 Å². The number of alkyl halides is 1. The van der Waals surface area contributed by atoms with Crippen molar-refractivity contribution in [1.29, 1.82) is 0 Å². The molecule has 0 fully saturated rings. The third-order valence-corrected chi connectivity index (χ3v) is 3.01. The number of rotatable bonds is 3. The highest BCUT2D eigenvalue weighted by Gasteiger charge is 2.05. The van der Waals surface area contributed by atoms with Crippen LogP contribution in [0, 0.1) is 0 Å². The Hall–Kier alpha value is -2.13. The molecule has 94 valence electrons. The molecule has 3 nitrogen and oxygen atoms in total. The van der Waals surface area contributed by atoms with E-state index in [9.17, 15) is 0 Å². The number of hydrogen-bond donors (Lipinski definition) is 0. The molecular weight excluding hydrogens is 260 g/mol. The Morgan fingerprint density at radius 3 is 2.79 bits per heavy atom. The van der Waals surface area contributed by atoms with Crippen LogP contribution in [0.15, 0.2) is 54.7 Å². The fourth-order valence-corrected chi connectivity index (χ4v) is 2.01. The number of nitrogens with zero attached hydrogens (tertiary/aromatic N) is 2. The van der Waals surface area contributed by atoms with Gasteiger partial charge in [0.1, 0.15) is 5.75 Å². The van der Waals surface area contributed by atoms with Crippen LogP contribution >= 0.6 is 11.6 Å². The summed E-state index contributed by atoms with van der Waals surface area (Å²) in [6.07, 6.45) is 1.76. The summed E-state index contributed by atoms with van der Waals surface area (Å²) < 4.78 is 5.82. The second-order valence-corrected chi connectivity index (χ2v) is 4.30. The van der Waals surface area contributed by atoms with Crippen LogP contribution in [0.2, 0.25) is 0 Å². The Balaban J connectivity index is 2.01. The lowest BCUT2D eigenvalue weighted by Gasteiger charge is -2.08. The van der Waals surface area contributed by atoms with Gasteiger partial charge in [-0.05, 0) is 30.3 Å². The van der Waals surface area contributed by atoms with Gasteiger partial charge >= 0.3 is 0 Å². The average molecular weight is 271 g/mol. The van der Waals surface area contributed by atoms with E-state index in [1.54, 1.807) is 6.20 Å². The molecule has 0 N–H and O–H groups in total. The zero-order valence-corrected chi connectivity index (χ0v) is 10.8. The summed E-state index contributed by atoms with van der Waals surface area (Å²) in [5.74, 6) is 1.65. The molecule has 2 heterocycles. The summed E-state index contributed by atoms with van der Waals surface area (Å²) in [5.41, 5.74) is 1.69. The molecular formula is C15H11ClN2O. The van der Waals surface area contributed by atoms with E-state index < -0.39 is 0 Å². The van der Waals surface area contributed by atoms with Gasteiger partial charge in [-0.15, -0.1) is 11.6 Å². The number of pyridine rings is 2. The van der Waals surface area contributed by atoms with Crippen molar-refractivity contribution in [3.8, 4) is 11.6 Å². The van der Waals surface area contributed by atoms with Gasteiger partial charge in [0.2, 0.25) is 5.88 Å². The van der Waals surface area contributed by atoms with Gasteiger partial charge in [-0.25, -0.2) is 4.98 Å². The van der Waals surface area contributed by atoms with Crippen molar-refractivity contribution < 1.29 is 4.74 Å². The third-order valence-electron chi connectivity index (χ3n) is 2.74. The van der Waals surface area contributed by atoms with Crippen LogP contribution in [0.3, 0.4) is 0 Å². The lowest BCUT2D eigenvalue weighted by molar-refractivity contribution is 0.466. The molecule has 3 rings (SSSR count). The van der Waals surface area contributed by atoms with Crippen molar-refractivity contribution in [3.63, 3.8) is 0 Å². The zero-order valence-electron chi connectivity index (χ0n) is 10.1. The summed E-state index contributed by atoms with van der Waals surface area (Å²) in [5, 5.41) is 0.961. The average Bonchev–Trinajstić information content (AvgIpc) is 2.48. The van der Waals surface area contributed by atoms with Crippen LogP contribution in [0.5, 0.6) is 11.6 Å². The number of halogens is 1. The first-order chi connectivity index (χ1) is 9.36. The highest BCUT2D eigenvalue weighted by molar-refractivity contribution is 6.16. The van der Waals surface area contributed by atoms with Gasteiger partial charge in [-0.3, -0.25) is 4.98 Å².